The van der Waals surface area contributed by atoms with Crippen LogP contribution in [0.4, 0.5) is 5.82 Å². The van der Waals surface area contributed by atoms with Crippen LogP contribution < -0.4 is 10.6 Å². The first kappa shape index (κ1) is 15.8. The molecule has 0 aliphatic carbocycles. The summed E-state index contributed by atoms with van der Waals surface area (Å²) in [4.78, 5) is 8.94. The second-order valence-electron chi connectivity index (χ2n) is 6.27. The smallest absolute Gasteiger partial charge is 0.259 e. The van der Waals surface area contributed by atoms with Crippen LogP contribution in [0.15, 0.2) is 53.2 Å². The number of aromatic nitrogens is 3. The molecule has 6 nitrogen and oxygen atoms in total. The van der Waals surface area contributed by atoms with Crippen molar-refractivity contribution in [3.63, 3.8) is 0 Å². The van der Waals surface area contributed by atoms with Crippen molar-refractivity contribution in [2.75, 3.05) is 18.4 Å². The molecule has 0 radical (unpaired) electrons. The maximum atomic E-state index is 5.38. The SMILES string of the molecule is c1ccc(CCc2noc(-c3ccc(NC4CCNC4)nc3)n2)cc1. The maximum Gasteiger partial charge on any atom is 0.259 e. The van der Waals surface area contributed by atoms with E-state index in [4.69, 9.17) is 4.52 Å². The van der Waals surface area contributed by atoms with E-state index in [-0.39, 0.29) is 0 Å². The lowest BCUT2D eigenvalue weighted by atomic mass is 10.1. The van der Waals surface area contributed by atoms with E-state index in [1.54, 1.807) is 6.20 Å². The van der Waals surface area contributed by atoms with Crippen LogP contribution in [-0.4, -0.2) is 34.3 Å². The fourth-order valence-electron chi connectivity index (χ4n) is 2.97. The summed E-state index contributed by atoms with van der Waals surface area (Å²) in [5, 5.41) is 10.8. The van der Waals surface area contributed by atoms with Gasteiger partial charge in [0.2, 0.25) is 0 Å². The third kappa shape index (κ3) is 4.03. The average molecular weight is 335 g/mol. The van der Waals surface area contributed by atoms with Gasteiger partial charge in [-0.2, -0.15) is 4.98 Å². The number of anilines is 1. The number of nitrogens with one attached hydrogen (secondary N) is 2. The van der Waals surface area contributed by atoms with E-state index < -0.39 is 0 Å². The van der Waals surface area contributed by atoms with Gasteiger partial charge in [-0.3, -0.25) is 0 Å². The number of benzene rings is 1. The zero-order valence-electron chi connectivity index (χ0n) is 14.0. The Hall–Kier alpha value is -2.73. The van der Waals surface area contributed by atoms with Gasteiger partial charge in [0.05, 0.1) is 5.56 Å². The number of rotatable bonds is 6. The molecule has 0 spiro atoms. The van der Waals surface area contributed by atoms with Crippen LogP contribution in [0.25, 0.3) is 11.5 Å². The lowest BCUT2D eigenvalue weighted by Gasteiger charge is -2.11. The van der Waals surface area contributed by atoms with Gasteiger partial charge >= 0.3 is 0 Å². The quantitative estimate of drug-likeness (QED) is 0.721. The Balaban J connectivity index is 1.37. The highest BCUT2D eigenvalue weighted by Crippen LogP contribution is 2.19. The van der Waals surface area contributed by atoms with E-state index in [1.807, 2.05) is 30.3 Å². The maximum absolute atomic E-state index is 5.38. The van der Waals surface area contributed by atoms with E-state index in [0.29, 0.717) is 11.9 Å². The fraction of sp³-hybridized carbons (Fsp3) is 0.316. The Kier molecular flexibility index (Phi) is 4.70. The van der Waals surface area contributed by atoms with Crippen molar-refractivity contribution in [3.8, 4) is 11.5 Å². The molecule has 0 amide bonds. The molecule has 0 saturated carbocycles. The normalized spacial score (nSPS) is 16.9. The zero-order valence-corrected chi connectivity index (χ0v) is 14.0. The Bertz CT molecular complexity index is 794. The van der Waals surface area contributed by atoms with Crippen LogP contribution in [0.3, 0.4) is 0 Å². The minimum absolute atomic E-state index is 0.450. The first-order chi connectivity index (χ1) is 12.4. The third-order valence-electron chi connectivity index (χ3n) is 4.37. The lowest BCUT2D eigenvalue weighted by molar-refractivity contribution is 0.422. The summed E-state index contributed by atoms with van der Waals surface area (Å²) in [7, 11) is 0. The molecule has 1 saturated heterocycles. The third-order valence-corrected chi connectivity index (χ3v) is 4.37. The number of pyridine rings is 1. The number of hydrogen-bond acceptors (Lipinski definition) is 6. The topological polar surface area (TPSA) is 75.9 Å². The van der Waals surface area contributed by atoms with Crippen LogP contribution in [0.2, 0.25) is 0 Å². The molecule has 2 aromatic heterocycles. The highest BCUT2D eigenvalue weighted by atomic mass is 16.5. The molecule has 2 N–H and O–H groups in total. The number of hydrogen-bond donors (Lipinski definition) is 2. The molecule has 1 unspecified atom stereocenters. The van der Waals surface area contributed by atoms with E-state index in [2.05, 4.69) is 37.9 Å². The van der Waals surface area contributed by atoms with Gasteiger partial charge in [-0.05, 0) is 37.1 Å². The Morgan fingerprint density at radius 2 is 2.04 bits per heavy atom. The van der Waals surface area contributed by atoms with E-state index >= 15 is 0 Å². The minimum Gasteiger partial charge on any atom is -0.366 e. The monoisotopic (exact) mass is 335 g/mol. The molecular weight excluding hydrogens is 314 g/mol. The number of aryl methyl sites for hydroxylation is 2. The first-order valence-electron chi connectivity index (χ1n) is 8.67. The van der Waals surface area contributed by atoms with Crippen LogP contribution in [0, 0.1) is 0 Å². The van der Waals surface area contributed by atoms with Crippen molar-refractivity contribution in [1.82, 2.24) is 20.4 Å². The van der Waals surface area contributed by atoms with Gasteiger partial charge < -0.3 is 15.2 Å². The van der Waals surface area contributed by atoms with Crippen molar-refractivity contribution in [1.29, 1.82) is 0 Å². The minimum atomic E-state index is 0.450. The van der Waals surface area contributed by atoms with E-state index in [1.165, 1.54) is 5.56 Å². The lowest BCUT2D eigenvalue weighted by Crippen LogP contribution is -2.22. The van der Waals surface area contributed by atoms with Crippen LogP contribution >= 0.6 is 0 Å². The zero-order chi connectivity index (χ0) is 16.9. The molecule has 1 aromatic carbocycles. The molecule has 0 bridgehead atoms. The molecule has 128 valence electrons. The van der Waals surface area contributed by atoms with Crippen molar-refractivity contribution in [2.24, 2.45) is 0 Å². The Morgan fingerprint density at radius 3 is 2.80 bits per heavy atom. The molecule has 4 rings (SSSR count). The second kappa shape index (κ2) is 7.44. The van der Waals surface area contributed by atoms with Gasteiger partial charge in [0.1, 0.15) is 5.82 Å². The number of nitrogens with zero attached hydrogens (tertiary/aromatic N) is 3. The van der Waals surface area contributed by atoms with Crippen molar-refractivity contribution < 1.29 is 4.52 Å². The highest BCUT2D eigenvalue weighted by Gasteiger charge is 2.15. The van der Waals surface area contributed by atoms with E-state index in [9.17, 15) is 0 Å². The second-order valence-corrected chi connectivity index (χ2v) is 6.27. The van der Waals surface area contributed by atoms with Gasteiger partial charge in [0.25, 0.3) is 5.89 Å². The molecule has 3 heterocycles. The molecule has 1 fully saturated rings. The van der Waals surface area contributed by atoms with Gasteiger partial charge in [-0.1, -0.05) is 35.5 Å². The van der Waals surface area contributed by atoms with Crippen molar-refractivity contribution in [3.05, 3.63) is 60.0 Å². The van der Waals surface area contributed by atoms with Gasteiger partial charge in [-0.25, -0.2) is 4.98 Å². The molecule has 6 heteroatoms. The molecule has 1 aliphatic rings. The summed E-state index contributed by atoms with van der Waals surface area (Å²) in [5.74, 6) is 2.11. The predicted molar refractivity (Wildman–Crippen MR) is 96.3 cm³/mol. The fourth-order valence-corrected chi connectivity index (χ4v) is 2.97. The van der Waals surface area contributed by atoms with Crippen LogP contribution in [0.5, 0.6) is 0 Å². The average Bonchev–Trinajstić information content (AvgIpc) is 3.34. The van der Waals surface area contributed by atoms with Gasteiger partial charge in [-0.15, -0.1) is 0 Å². The largest absolute Gasteiger partial charge is 0.366 e. The molecule has 3 aromatic rings. The summed E-state index contributed by atoms with van der Waals surface area (Å²) >= 11 is 0. The standard InChI is InChI=1S/C19H21N5O/c1-2-4-14(5-3-1)6-8-18-23-19(25-24-18)15-7-9-17(21-12-15)22-16-10-11-20-13-16/h1-5,7,9,12,16,20H,6,8,10-11,13H2,(H,21,22). The van der Waals surface area contributed by atoms with Crippen molar-refractivity contribution in [2.45, 2.75) is 25.3 Å². The summed E-state index contributed by atoms with van der Waals surface area (Å²) in [6, 6.07) is 14.7. The van der Waals surface area contributed by atoms with Crippen molar-refractivity contribution >= 4 is 5.82 Å². The summed E-state index contributed by atoms with van der Waals surface area (Å²) < 4.78 is 5.38. The highest BCUT2D eigenvalue weighted by molar-refractivity contribution is 5.54. The van der Waals surface area contributed by atoms with E-state index in [0.717, 1.165) is 49.6 Å². The van der Waals surface area contributed by atoms with Gasteiger partial charge in [0.15, 0.2) is 5.82 Å². The summed E-state index contributed by atoms with van der Waals surface area (Å²) in [6.45, 7) is 2.04. The molecular formula is C19H21N5O. The van der Waals surface area contributed by atoms with Crippen LogP contribution in [0.1, 0.15) is 17.8 Å². The van der Waals surface area contributed by atoms with Gasteiger partial charge in [0, 0.05) is 25.2 Å². The van der Waals surface area contributed by atoms with Crippen LogP contribution in [-0.2, 0) is 12.8 Å². The first-order valence-corrected chi connectivity index (χ1v) is 8.67. The Morgan fingerprint density at radius 1 is 1.12 bits per heavy atom. The summed E-state index contributed by atoms with van der Waals surface area (Å²) in [6.07, 6.45) is 4.56. The predicted octanol–water partition coefficient (Wildman–Crippen LogP) is 2.69. The molecule has 1 atom stereocenters. The molecule has 25 heavy (non-hydrogen) atoms. The summed E-state index contributed by atoms with van der Waals surface area (Å²) in [5.41, 5.74) is 2.11. The Labute approximate surface area is 146 Å². The molecule has 1 aliphatic heterocycles.